The zero-order chi connectivity index (χ0) is 17.1. The van der Waals surface area contributed by atoms with E-state index in [4.69, 9.17) is 11.6 Å². The molecule has 0 aliphatic carbocycles. The van der Waals surface area contributed by atoms with Gasteiger partial charge in [-0.2, -0.15) is 4.98 Å². The summed E-state index contributed by atoms with van der Waals surface area (Å²) < 4.78 is 13.3. The molecule has 0 atom stereocenters. The molecule has 0 aliphatic heterocycles. The number of nitrogens with one attached hydrogen (secondary N) is 2. The Morgan fingerprint density at radius 2 is 1.79 bits per heavy atom. The van der Waals surface area contributed by atoms with E-state index in [1.807, 2.05) is 26.0 Å². The van der Waals surface area contributed by atoms with Crippen molar-refractivity contribution in [2.45, 2.75) is 13.8 Å². The summed E-state index contributed by atoms with van der Waals surface area (Å²) in [6.07, 6.45) is 0. The molecule has 0 unspecified atom stereocenters. The Balaban J connectivity index is 1.86. The molecule has 2 aromatic carbocycles. The van der Waals surface area contributed by atoms with Gasteiger partial charge in [-0.25, -0.2) is 9.37 Å². The van der Waals surface area contributed by atoms with Crippen molar-refractivity contribution in [2.24, 2.45) is 0 Å². The number of rotatable bonds is 4. The molecule has 0 radical (unpaired) electrons. The molecule has 0 spiro atoms. The van der Waals surface area contributed by atoms with E-state index in [2.05, 4.69) is 20.6 Å². The molecule has 122 valence electrons. The van der Waals surface area contributed by atoms with Crippen LogP contribution in [-0.4, -0.2) is 9.97 Å². The van der Waals surface area contributed by atoms with E-state index in [0.717, 1.165) is 16.9 Å². The summed E-state index contributed by atoms with van der Waals surface area (Å²) in [6, 6.07) is 13.6. The molecule has 24 heavy (non-hydrogen) atoms. The quantitative estimate of drug-likeness (QED) is 0.669. The molecule has 0 saturated carbocycles. The summed E-state index contributed by atoms with van der Waals surface area (Å²) in [5.41, 5.74) is 3.29. The van der Waals surface area contributed by atoms with Crippen LogP contribution in [0.2, 0.25) is 5.02 Å². The molecule has 0 fully saturated rings. The Morgan fingerprint density at radius 1 is 0.958 bits per heavy atom. The first-order valence-corrected chi connectivity index (χ1v) is 7.79. The number of aromatic nitrogens is 2. The fraction of sp³-hybridized carbons (Fsp3) is 0.111. The van der Waals surface area contributed by atoms with E-state index in [0.29, 0.717) is 22.5 Å². The number of hydrogen-bond acceptors (Lipinski definition) is 4. The largest absolute Gasteiger partial charge is 0.340 e. The molecule has 3 aromatic rings. The van der Waals surface area contributed by atoms with Crippen molar-refractivity contribution in [3.63, 3.8) is 0 Å². The lowest BCUT2D eigenvalue weighted by Crippen LogP contribution is -2.03. The van der Waals surface area contributed by atoms with Crippen LogP contribution in [0.3, 0.4) is 0 Å². The first kappa shape index (κ1) is 16.2. The Bertz CT molecular complexity index is 883. The van der Waals surface area contributed by atoms with Crippen molar-refractivity contribution < 1.29 is 4.39 Å². The van der Waals surface area contributed by atoms with Crippen LogP contribution in [0, 0.1) is 19.7 Å². The minimum absolute atomic E-state index is 0.305. The summed E-state index contributed by atoms with van der Waals surface area (Å²) in [6.45, 7) is 3.83. The van der Waals surface area contributed by atoms with Gasteiger partial charge in [-0.1, -0.05) is 17.7 Å². The SMILES string of the molecule is Cc1cc(Nc2cccc(F)c2)nc(Nc2ccc(Cl)cc2C)n1. The van der Waals surface area contributed by atoms with Gasteiger partial charge in [0.1, 0.15) is 11.6 Å². The van der Waals surface area contributed by atoms with Crippen LogP contribution in [0.4, 0.5) is 27.5 Å². The minimum Gasteiger partial charge on any atom is -0.340 e. The second-order valence-corrected chi connectivity index (χ2v) is 5.87. The second-order valence-electron chi connectivity index (χ2n) is 5.44. The lowest BCUT2D eigenvalue weighted by molar-refractivity contribution is 0.628. The number of benzene rings is 2. The van der Waals surface area contributed by atoms with Gasteiger partial charge in [0, 0.05) is 28.2 Å². The molecule has 0 amide bonds. The highest BCUT2D eigenvalue weighted by molar-refractivity contribution is 6.30. The zero-order valence-corrected chi connectivity index (χ0v) is 14.0. The van der Waals surface area contributed by atoms with Crippen LogP contribution in [0.15, 0.2) is 48.5 Å². The van der Waals surface area contributed by atoms with Gasteiger partial charge in [0.2, 0.25) is 5.95 Å². The molecule has 1 heterocycles. The van der Waals surface area contributed by atoms with Crippen molar-refractivity contribution in [1.29, 1.82) is 0 Å². The lowest BCUT2D eigenvalue weighted by Gasteiger charge is -2.11. The highest BCUT2D eigenvalue weighted by Gasteiger charge is 2.06. The van der Waals surface area contributed by atoms with Gasteiger partial charge in [-0.05, 0) is 55.8 Å². The van der Waals surface area contributed by atoms with Crippen LogP contribution < -0.4 is 10.6 Å². The fourth-order valence-corrected chi connectivity index (χ4v) is 2.52. The number of hydrogen-bond donors (Lipinski definition) is 2. The second kappa shape index (κ2) is 6.84. The lowest BCUT2D eigenvalue weighted by atomic mass is 10.2. The topological polar surface area (TPSA) is 49.8 Å². The summed E-state index contributed by atoms with van der Waals surface area (Å²) in [5, 5.41) is 6.94. The first-order valence-electron chi connectivity index (χ1n) is 7.41. The highest BCUT2D eigenvalue weighted by Crippen LogP contribution is 2.23. The molecule has 0 saturated heterocycles. The molecular weight excluding hydrogens is 327 g/mol. The maximum Gasteiger partial charge on any atom is 0.229 e. The molecular formula is C18H16ClFN4. The summed E-state index contributed by atoms with van der Waals surface area (Å²) in [4.78, 5) is 8.81. The van der Waals surface area contributed by atoms with E-state index in [1.165, 1.54) is 12.1 Å². The van der Waals surface area contributed by atoms with Crippen LogP contribution >= 0.6 is 11.6 Å². The van der Waals surface area contributed by atoms with E-state index in [9.17, 15) is 4.39 Å². The zero-order valence-electron chi connectivity index (χ0n) is 13.3. The van der Waals surface area contributed by atoms with Crippen LogP contribution in [-0.2, 0) is 0 Å². The standard InChI is InChI=1S/C18H16ClFN4/c1-11-8-13(19)6-7-16(11)23-18-21-12(2)9-17(24-18)22-15-5-3-4-14(20)10-15/h3-10H,1-2H3,(H2,21,22,23,24). The normalized spacial score (nSPS) is 10.5. The average molecular weight is 343 g/mol. The minimum atomic E-state index is -0.305. The third-order valence-corrected chi connectivity index (χ3v) is 3.62. The van der Waals surface area contributed by atoms with E-state index < -0.39 is 0 Å². The summed E-state index contributed by atoms with van der Waals surface area (Å²) in [5.74, 6) is 0.738. The van der Waals surface area contributed by atoms with Crippen molar-refractivity contribution in [3.05, 3.63) is 70.6 Å². The Morgan fingerprint density at radius 3 is 2.54 bits per heavy atom. The maximum absolute atomic E-state index is 13.3. The molecule has 0 bridgehead atoms. The number of anilines is 4. The van der Waals surface area contributed by atoms with Crippen molar-refractivity contribution in [2.75, 3.05) is 10.6 Å². The fourth-order valence-electron chi connectivity index (χ4n) is 2.29. The number of halogens is 2. The molecule has 4 nitrogen and oxygen atoms in total. The van der Waals surface area contributed by atoms with Crippen LogP contribution in [0.5, 0.6) is 0 Å². The van der Waals surface area contributed by atoms with Crippen LogP contribution in [0.25, 0.3) is 0 Å². The third kappa shape index (κ3) is 4.00. The maximum atomic E-state index is 13.3. The Hall–Kier alpha value is -2.66. The average Bonchev–Trinajstić information content (AvgIpc) is 2.49. The summed E-state index contributed by atoms with van der Waals surface area (Å²) >= 11 is 5.97. The van der Waals surface area contributed by atoms with Crippen molar-refractivity contribution in [1.82, 2.24) is 9.97 Å². The van der Waals surface area contributed by atoms with E-state index in [1.54, 1.807) is 24.3 Å². The predicted octanol–water partition coefficient (Wildman–Crippen LogP) is 5.37. The summed E-state index contributed by atoms with van der Waals surface area (Å²) in [7, 11) is 0. The van der Waals surface area contributed by atoms with E-state index in [-0.39, 0.29) is 5.82 Å². The van der Waals surface area contributed by atoms with Gasteiger partial charge >= 0.3 is 0 Å². The monoisotopic (exact) mass is 342 g/mol. The first-order chi connectivity index (χ1) is 11.5. The number of nitrogens with zero attached hydrogens (tertiary/aromatic N) is 2. The third-order valence-electron chi connectivity index (χ3n) is 3.39. The molecule has 1 aromatic heterocycles. The van der Waals surface area contributed by atoms with Crippen LogP contribution in [0.1, 0.15) is 11.3 Å². The van der Waals surface area contributed by atoms with Gasteiger partial charge in [-0.3, -0.25) is 0 Å². The molecule has 3 rings (SSSR count). The number of aryl methyl sites for hydroxylation is 2. The van der Waals surface area contributed by atoms with Crippen molar-refractivity contribution >= 4 is 34.7 Å². The predicted molar refractivity (Wildman–Crippen MR) is 95.9 cm³/mol. The highest BCUT2D eigenvalue weighted by atomic mass is 35.5. The van der Waals surface area contributed by atoms with Gasteiger partial charge in [0.25, 0.3) is 0 Å². The Labute approximate surface area is 144 Å². The van der Waals surface area contributed by atoms with Gasteiger partial charge in [0.05, 0.1) is 0 Å². The van der Waals surface area contributed by atoms with Gasteiger partial charge < -0.3 is 10.6 Å². The molecule has 2 N–H and O–H groups in total. The van der Waals surface area contributed by atoms with E-state index >= 15 is 0 Å². The molecule has 0 aliphatic rings. The Kier molecular flexibility index (Phi) is 4.62. The smallest absolute Gasteiger partial charge is 0.229 e. The molecule has 6 heteroatoms. The van der Waals surface area contributed by atoms with Gasteiger partial charge in [0.15, 0.2) is 0 Å². The van der Waals surface area contributed by atoms with Crippen molar-refractivity contribution in [3.8, 4) is 0 Å². The van der Waals surface area contributed by atoms with Gasteiger partial charge in [-0.15, -0.1) is 0 Å².